The standard InChI is InChI=1S/C23H33NO7S/c1-16(2)20-9-4-17(3)14-21(20)31-22(25)15-30-23(26)18-5-7-19(8-6-18)32(27,28)24-10-12-29-13-11-24/h5-8,16-17,20-21H,4,9-15H2,1-3H3/t17-,20-,21-/m1/s1. The maximum absolute atomic E-state index is 12.7. The third-order valence-corrected chi connectivity index (χ3v) is 8.18. The average Bonchev–Trinajstić information content (AvgIpc) is 2.78. The first kappa shape index (κ1) is 24.7. The lowest BCUT2D eigenvalue weighted by Gasteiger charge is -2.36. The van der Waals surface area contributed by atoms with E-state index >= 15 is 0 Å². The molecule has 0 amide bonds. The van der Waals surface area contributed by atoms with Gasteiger partial charge < -0.3 is 14.2 Å². The van der Waals surface area contributed by atoms with Gasteiger partial charge in [0.25, 0.3) is 0 Å². The zero-order valence-corrected chi connectivity index (χ0v) is 19.8. The van der Waals surface area contributed by atoms with E-state index in [1.54, 1.807) is 0 Å². The topological polar surface area (TPSA) is 99.2 Å². The zero-order valence-electron chi connectivity index (χ0n) is 19.0. The molecular weight excluding hydrogens is 434 g/mol. The van der Waals surface area contributed by atoms with Crippen molar-refractivity contribution < 1.29 is 32.2 Å². The van der Waals surface area contributed by atoms with Crippen molar-refractivity contribution in [2.45, 2.75) is 51.0 Å². The molecule has 1 aliphatic carbocycles. The Morgan fingerprint density at radius 2 is 1.78 bits per heavy atom. The normalized spacial score (nSPS) is 24.8. The summed E-state index contributed by atoms with van der Waals surface area (Å²) in [6, 6.07) is 5.52. The van der Waals surface area contributed by atoms with Gasteiger partial charge in [-0.15, -0.1) is 0 Å². The van der Waals surface area contributed by atoms with E-state index in [-0.39, 0.29) is 16.6 Å². The Morgan fingerprint density at radius 3 is 2.41 bits per heavy atom. The Balaban J connectivity index is 1.54. The molecule has 1 heterocycles. The molecular formula is C23H33NO7S. The predicted octanol–water partition coefficient (Wildman–Crippen LogP) is 2.87. The number of hydrogen-bond donors (Lipinski definition) is 0. The molecule has 32 heavy (non-hydrogen) atoms. The Bertz CT molecular complexity index is 891. The molecule has 8 nitrogen and oxygen atoms in total. The van der Waals surface area contributed by atoms with Crippen LogP contribution in [0.15, 0.2) is 29.2 Å². The first-order chi connectivity index (χ1) is 15.2. The number of rotatable bonds is 7. The molecule has 178 valence electrons. The molecule has 3 rings (SSSR count). The van der Waals surface area contributed by atoms with Gasteiger partial charge in [-0.25, -0.2) is 18.0 Å². The average molecular weight is 468 g/mol. The van der Waals surface area contributed by atoms with Gasteiger partial charge in [-0.1, -0.05) is 27.2 Å². The van der Waals surface area contributed by atoms with E-state index in [9.17, 15) is 18.0 Å². The fraction of sp³-hybridized carbons (Fsp3) is 0.652. The van der Waals surface area contributed by atoms with E-state index in [2.05, 4.69) is 20.8 Å². The summed E-state index contributed by atoms with van der Waals surface area (Å²) in [6.45, 7) is 7.25. The maximum Gasteiger partial charge on any atom is 0.344 e. The van der Waals surface area contributed by atoms with Crippen LogP contribution in [0.3, 0.4) is 0 Å². The number of hydrogen-bond acceptors (Lipinski definition) is 7. The van der Waals surface area contributed by atoms with Crippen molar-refractivity contribution in [3.63, 3.8) is 0 Å². The third kappa shape index (κ3) is 6.08. The van der Waals surface area contributed by atoms with Crippen LogP contribution < -0.4 is 0 Å². The number of benzene rings is 1. The van der Waals surface area contributed by atoms with Crippen LogP contribution in [0.5, 0.6) is 0 Å². The Kier molecular flexibility index (Phi) is 8.30. The zero-order chi connectivity index (χ0) is 23.3. The highest BCUT2D eigenvalue weighted by atomic mass is 32.2. The van der Waals surface area contributed by atoms with Gasteiger partial charge in [0.2, 0.25) is 10.0 Å². The first-order valence-electron chi connectivity index (χ1n) is 11.2. The summed E-state index contributed by atoms with van der Waals surface area (Å²) in [7, 11) is -3.64. The number of morpholine rings is 1. The van der Waals surface area contributed by atoms with Gasteiger partial charge in [-0.05, 0) is 54.9 Å². The number of esters is 2. The minimum absolute atomic E-state index is 0.0986. The van der Waals surface area contributed by atoms with Gasteiger partial charge in [0.15, 0.2) is 6.61 Å². The first-order valence-corrected chi connectivity index (χ1v) is 12.7. The van der Waals surface area contributed by atoms with Crippen LogP contribution in [0.4, 0.5) is 0 Å². The number of carbonyl (C=O) groups is 2. The van der Waals surface area contributed by atoms with E-state index in [0.29, 0.717) is 44.1 Å². The minimum Gasteiger partial charge on any atom is -0.460 e. The summed E-state index contributed by atoms with van der Waals surface area (Å²) in [5.41, 5.74) is 0.171. The van der Waals surface area contributed by atoms with Crippen molar-refractivity contribution in [3.05, 3.63) is 29.8 Å². The second-order valence-electron chi connectivity index (χ2n) is 8.97. The molecule has 2 aliphatic rings. The van der Waals surface area contributed by atoms with Crippen LogP contribution in [0.2, 0.25) is 0 Å². The molecule has 9 heteroatoms. The molecule has 1 saturated heterocycles. The Morgan fingerprint density at radius 1 is 1.12 bits per heavy atom. The van der Waals surface area contributed by atoms with Gasteiger partial charge in [0, 0.05) is 13.1 Å². The van der Waals surface area contributed by atoms with Crippen LogP contribution in [-0.4, -0.2) is 63.7 Å². The van der Waals surface area contributed by atoms with E-state index < -0.39 is 28.6 Å². The number of carbonyl (C=O) groups excluding carboxylic acids is 2. The van der Waals surface area contributed by atoms with Crippen LogP contribution in [0.1, 0.15) is 50.4 Å². The summed E-state index contributed by atoms with van der Waals surface area (Å²) < 4.78 is 42.6. The minimum atomic E-state index is -3.64. The number of sulfonamides is 1. The molecule has 0 radical (unpaired) electrons. The van der Waals surface area contributed by atoms with Crippen LogP contribution in [0.25, 0.3) is 0 Å². The summed E-state index contributed by atoms with van der Waals surface area (Å²) in [5.74, 6) is -0.0381. The second kappa shape index (κ2) is 10.8. The molecule has 1 aromatic carbocycles. The molecule has 1 saturated carbocycles. The summed E-state index contributed by atoms with van der Waals surface area (Å²) in [4.78, 5) is 24.7. The van der Waals surface area contributed by atoms with E-state index in [1.165, 1.54) is 28.6 Å². The van der Waals surface area contributed by atoms with Crippen molar-refractivity contribution in [2.24, 2.45) is 17.8 Å². The Hall–Kier alpha value is -1.97. The smallest absolute Gasteiger partial charge is 0.344 e. The lowest BCUT2D eigenvalue weighted by atomic mass is 9.75. The molecule has 3 atom stereocenters. The SMILES string of the molecule is CC(C)[C@H]1CC[C@@H](C)C[C@H]1OC(=O)COC(=O)c1ccc(S(=O)(=O)N2CCOCC2)cc1. The van der Waals surface area contributed by atoms with Gasteiger partial charge in [0.1, 0.15) is 6.10 Å². The summed E-state index contributed by atoms with van der Waals surface area (Å²) in [5, 5.41) is 0. The molecule has 0 spiro atoms. The number of nitrogens with zero attached hydrogens (tertiary/aromatic N) is 1. The molecule has 1 aromatic rings. The van der Waals surface area contributed by atoms with Crippen molar-refractivity contribution in [1.29, 1.82) is 0 Å². The van der Waals surface area contributed by atoms with Crippen LogP contribution in [-0.2, 0) is 29.0 Å². The van der Waals surface area contributed by atoms with Gasteiger partial charge in [-0.3, -0.25) is 0 Å². The van der Waals surface area contributed by atoms with E-state index in [1.807, 2.05) is 0 Å². The van der Waals surface area contributed by atoms with Gasteiger partial charge >= 0.3 is 11.9 Å². The van der Waals surface area contributed by atoms with Gasteiger partial charge in [0.05, 0.1) is 23.7 Å². The monoisotopic (exact) mass is 467 g/mol. The van der Waals surface area contributed by atoms with Crippen LogP contribution >= 0.6 is 0 Å². The third-order valence-electron chi connectivity index (χ3n) is 6.26. The highest BCUT2D eigenvalue weighted by Crippen LogP contribution is 2.35. The van der Waals surface area contributed by atoms with Crippen molar-refractivity contribution in [1.82, 2.24) is 4.31 Å². The maximum atomic E-state index is 12.7. The quantitative estimate of drug-likeness (QED) is 0.569. The number of ether oxygens (including phenoxy) is 3. The highest BCUT2D eigenvalue weighted by molar-refractivity contribution is 7.89. The summed E-state index contributed by atoms with van der Waals surface area (Å²) in [6.07, 6.45) is 2.82. The Labute approximate surface area is 190 Å². The molecule has 0 unspecified atom stereocenters. The predicted molar refractivity (Wildman–Crippen MR) is 118 cm³/mol. The van der Waals surface area contributed by atoms with Crippen LogP contribution in [0, 0.1) is 17.8 Å². The second-order valence-corrected chi connectivity index (χ2v) is 10.9. The fourth-order valence-electron chi connectivity index (χ4n) is 4.36. The highest BCUT2D eigenvalue weighted by Gasteiger charge is 2.33. The summed E-state index contributed by atoms with van der Waals surface area (Å²) >= 11 is 0. The lowest BCUT2D eigenvalue weighted by Crippen LogP contribution is -2.40. The lowest BCUT2D eigenvalue weighted by molar-refractivity contribution is -0.159. The molecule has 0 bridgehead atoms. The molecule has 2 fully saturated rings. The van der Waals surface area contributed by atoms with Gasteiger partial charge in [-0.2, -0.15) is 4.31 Å². The largest absolute Gasteiger partial charge is 0.460 e. The van der Waals surface area contributed by atoms with E-state index in [4.69, 9.17) is 14.2 Å². The molecule has 0 aromatic heterocycles. The fourth-order valence-corrected chi connectivity index (χ4v) is 5.77. The van der Waals surface area contributed by atoms with E-state index in [0.717, 1.165) is 19.3 Å². The molecule has 1 aliphatic heterocycles. The van der Waals surface area contributed by atoms with Crippen molar-refractivity contribution in [2.75, 3.05) is 32.9 Å². The molecule has 0 N–H and O–H groups in total. The van der Waals surface area contributed by atoms with Crippen molar-refractivity contribution >= 4 is 22.0 Å². The van der Waals surface area contributed by atoms with Crippen molar-refractivity contribution in [3.8, 4) is 0 Å².